The van der Waals surface area contributed by atoms with Crippen molar-refractivity contribution < 1.29 is 19.2 Å². The van der Waals surface area contributed by atoms with Crippen molar-refractivity contribution in [3.63, 3.8) is 0 Å². The fourth-order valence-corrected chi connectivity index (χ4v) is 3.12. The van der Waals surface area contributed by atoms with E-state index in [0.717, 1.165) is 25.3 Å². The van der Waals surface area contributed by atoms with Crippen LogP contribution in [-0.2, 0) is 9.53 Å². The van der Waals surface area contributed by atoms with E-state index in [1.807, 2.05) is 0 Å². The molecule has 27 heavy (non-hydrogen) atoms. The van der Waals surface area contributed by atoms with Crippen molar-refractivity contribution in [3.05, 3.63) is 33.9 Å². The Bertz CT molecular complexity index is 778. The van der Waals surface area contributed by atoms with E-state index in [4.69, 9.17) is 4.74 Å². The highest BCUT2D eigenvalue weighted by atomic mass is 16.6. The second-order valence-electron chi connectivity index (χ2n) is 6.73. The van der Waals surface area contributed by atoms with E-state index < -0.39 is 28.9 Å². The molecule has 0 bridgehead atoms. The predicted octanol–water partition coefficient (Wildman–Crippen LogP) is 2.16. The number of nitrogens with one attached hydrogen (secondary N) is 1. The Hall–Kier alpha value is -3.15. The van der Waals surface area contributed by atoms with Crippen LogP contribution in [0.1, 0.15) is 42.5 Å². The fraction of sp³-hybridized carbons (Fsp3) is 0.500. The number of carbonyl (C=O) groups is 2. The molecule has 2 rings (SSSR count). The molecule has 0 saturated heterocycles. The first-order valence-corrected chi connectivity index (χ1v) is 8.63. The van der Waals surface area contributed by atoms with Crippen LogP contribution >= 0.6 is 0 Å². The number of hydrogen-bond acceptors (Lipinski definition) is 7. The molecule has 0 radical (unpaired) electrons. The van der Waals surface area contributed by atoms with Crippen molar-refractivity contribution in [1.82, 2.24) is 5.32 Å². The van der Waals surface area contributed by atoms with Gasteiger partial charge in [0.25, 0.3) is 11.6 Å². The zero-order valence-electron chi connectivity index (χ0n) is 15.4. The number of ether oxygens (including phenoxy) is 1. The van der Waals surface area contributed by atoms with E-state index in [2.05, 4.69) is 11.4 Å². The van der Waals surface area contributed by atoms with E-state index in [1.54, 1.807) is 19.0 Å². The molecule has 1 fully saturated rings. The third-order valence-electron chi connectivity index (χ3n) is 4.53. The maximum atomic E-state index is 12.4. The lowest BCUT2D eigenvalue weighted by Gasteiger charge is -2.31. The third kappa shape index (κ3) is 4.94. The summed E-state index contributed by atoms with van der Waals surface area (Å²) in [6, 6.07) is 6.01. The zero-order valence-corrected chi connectivity index (χ0v) is 15.4. The number of benzene rings is 1. The number of rotatable bonds is 6. The van der Waals surface area contributed by atoms with Gasteiger partial charge in [0.15, 0.2) is 6.61 Å². The lowest BCUT2D eigenvalue weighted by atomic mass is 9.83. The van der Waals surface area contributed by atoms with Gasteiger partial charge in [-0.05, 0) is 18.9 Å². The molecule has 9 heteroatoms. The summed E-state index contributed by atoms with van der Waals surface area (Å²) in [4.78, 5) is 36.5. The number of nitrogens with zero attached hydrogens (tertiary/aromatic N) is 3. The summed E-state index contributed by atoms with van der Waals surface area (Å²) >= 11 is 0. The summed E-state index contributed by atoms with van der Waals surface area (Å²) in [7, 11) is 3.37. The van der Waals surface area contributed by atoms with Gasteiger partial charge in [-0.25, -0.2) is 4.79 Å². The normalized spacial score (nSPS) is 15.3. The second kappa shape index (κ2) is 8.49. The fourth-order valence-electron chi connectivity index (χ4n) is 3.12. The summed E-state index contributed by atoms with van der Waals surface area (Å²) in [6.45, 7) is -0.558. The number of anilines is 1. The first-order valence-electron chi connectivity index (χ1n) is 8.63. The quantitative estimate of drug-likeness (QED) is 0.459. The highest BCUT2D eigenvalue weighted by Crippen LogP contribution is 2.28. The summed E-state index contributed by atoms with van der Waals surface area (Å²) in [5.74, 6) is -1.41. The number of hydrogen-bond donors (Lipinski definition) is 1. The van der Waals surface area contributed by atoms with Crippen molar-refractivity contribution in [1.29, 1.82) is 5.26 Å². The molecule has 0 aliphatic heterocycles. The number of nitro benzene ring substituents is 1. The molecule has 0 unspecified atom stereocenters. The molecule has 1 aromatic carbocycles. The summed E-state index contributed by atoms with van der Waals surface area (Å²) in [5, 5.41) is 23.0. The van der Waals surface area contributed by atoms with Crippen LogP contribution in [0.2, 0.25) is 0 Å². The molecule has 1 N–H and O–H groups in total. The van der Waals surface area contributed by atoms with Gasteiger partial charge in [0.05, 0.1) is 22.2 Å². The van der Waals surface area contributed by atoms with E-state index >= 15 is 0 Å². The molecule has 0 atom stereocenters. The van der Waals surface area contributed by atoms with Crippen LogP contribution < -0.4 is 10.2 Å². The second-order valence-corrected chi connectivity index (χ2v) is 6.73. The number of esters is 1. The van der Waals surface area contributed by atoms with Crippen LogP contribution in [0.15, 0.2) is 18.2 Å². The average Bonchev–Trinajstić information content (AvgIpc) is 2.66. The topological polar surface area (TPSA) is 126 Å². The standard InChI is InChI=1S/C18H22N4O5/c1-21(2)15-7-6-13(22(25)26)10-14(15)17(24)27-11-16(23)20-18(12-19)8-4-3-5-9-18/h6-7,10H,3-5,8-9,11H2,1-2H3,(H,20,23). The van der Waals surface area contributed by atoms with Crippen molar-refractivity contribution in [2.75, 3.05) is 25.6 Å². The van der Waals surface area contributed by atoms with Crippen molar-refractivity contribution in [2.24, 2.45) is 0 Å². The maximum Gasteiger partial charge on any atom is 0.341 e. The number of amides is 1. The molecule has 144 valence electrons. The maximum absolute atomic E-state index is 12.4. The van der Waals surface area contributed by atoms with Gasteiger partial charge in [-0.15, -0.1) is 0 Å². The lowest BCUT2D eigenvalue weighted by molar-refractivity contribution is -0.384. The van der Waals surface area contributed by atoms with Gasteiger partial charge in [-0.2, -0.15) is 5.26 Å². The first-order chi connectivity index (χ1) is 12.8. The van der Waals surface area contributed by atoms with Gasteiger partial charge >= 0.3 is 5.97 Å². The zero-order chi connectivity index (χ0) is 20.0. The van der Waals surface area contributed by atoms with Gasteiger partial charge in [0.1, 0.15) is 5.54 Å². The molecule has 0 spiro atoms. The number of carbonyl (C=O) groups excluding carboxylic acids is 2. The van der Waals surface area contributed by atoms with Crippen LogP contribution in [-0.4, -0.2) is 43.0 Å². The lowest BCUT2D eigenvalue weighted by Crippen LogP contribution is -2.50. The first kappa shape index (κ1) is 20.2. The number of nitriles is 1. The molecule has 1 saturated carbocycles. The molecule has 9 nitrogen and oxygen atoms in total. The minimum Gasteiger partial charge on any atom is -0.452 e. The molecule has 0 aromatic heterocycles. The minimum atomic E-state index is -0.915. The van der Waals surface area contributed by atoms with Gasteiger partial charge in [0, 0.05) is 26.2 Å². The molecule has 0 heterocycles. The molecular weight excluding hydrogens is 352 g/mol. The monoisotopic (exact) mass is 374 g/mol. The Kier molecular flexibility index (Phi) is 6.34. The van der Waals surface area contributed by atoms with E-state index in [9.17, 15) is 25.0 Å². The largest absolute Gasteiger partial charge is 0.452 e. The molecule has 1 aliphatic rings. The summed E-state index contributed by atoms with van der Waals surface area (Å²) < 4.78 is 5.04. The van der Waals surface area contributed by atoms with Gasteiger partial charge < -0.3 is 15.0 Å². The average molecular weight is 374 g/mol. The molecule has 1 aromatic rings. The molecule has 1 aliphatic carbocycles. The third-order valence-corrected chi connectivity index (χ3v) is 4.53. The Morgan fingerprint density at radius 2 is 2.00 bits per heavy atom. The van der Waals surface area contributed by atoms with Crippen LogP contribution in [0.5, 0.6) is 0 Å². The highest BCUT2D eigenvalue weighted by molar-refractivity contribution is 5.97. The Labute approximate surface area is 157 Å². The van der Waals surface area contributed by atoms with Crippen LogP contribution in [0.4, 0.5) is 11.4 Å². The Morgan fingerprint density at radius 1 is 1.33 bits per heavy atom. The van der Waals surface area contributed by atoms with Crippen molar-refractivity contribution in [3.8, 4) is 6.07 Å². The van der Waals surface area contributed by atoms with Crippen molar-refractivity contribution in [2.45, 2.75) is 37.6 Å². The number of non-ortho nitro benzene ring substituents is 1. The summed E-state index contributed by atoms with van der Waals surface area (Å²) in [6.07, 6.45) is 3.87. The Morgan fingerprint density at radius 3 is 2.56 bits per heavy atom. The van der Waals surface area contributed by atoms with Crippen LogP contribution in [0.25, 0.3) is 0 Å². The van der Waals surface area contributed by atoms with Crippen LogP contribution in [0, 0.1) is 21.4 Å². The van der Waals surface area contributed by atoms with Gasteiger partial charge in [0.2, 0.25) is 0 Å². The SMILES string of the molecule is CN(C)c1ccc([N+](=O)[O-])cc1C(=O)OCC(=O)NC1(C#N)CCCCC1. The predicted molar refractivity (Wildman–Crippen MR) is 97.3 cm³/mol. The molecular formula is C18H22N4O5. The summed E-state index contributed by atoms with van der Waals surface area (Å²) in [5.41, 5.74) is -0.730. The van der Waals surface area contributed by atoms with Crippen molar-refractivity contribution >= 4 is 23.3 Å². The van der Waals surface area contributed by atoms with Gasteiger partial charge in [-0.3, -0.25) is 14.9 Å². The highest BCUT2D eigenvalue weighted by Gasteiger charge is 2.33. The smallest absolute Gasteiger partial charge is 0.341 e. The van der Waals surface area contributed by atoms with E-state index in [1.165, 1.54) is 12.1 Å². The molecule has 1 amide bonds. The van der Waals surface area contributed by atoms with Crippen LogP contribution in [0.3, 0.4) is 0 Å². The Balaban J connectivity index is 2.06. The van der Waals surface area contributed by atoms with E-state index in [-0.39, 0.29) is 11.3 Å². The van der Waals surface area contributed by atoms with E-state index in [0.29, 0.717) is 18.5 Å². The van der Waals surface area contributed by atoms with Gasteiger partial charge in [-0.1, -0.05) is 19.3 Å². The minimum absolute atomic E-state index is 0.00494. The number of nitro groups is 1.